The van der Waals surface area contributed by atoms with Crippen LogP contribution >= 0.6 is 11.3 Å². The minimum atomic E-state index is 0.306. The summed E-state index contributed by atoms with van der Waals surface area (Å²) in [6.07, 6.45) is 4.05. The maximum atomic E-state index is 5.66. The molecular formula is C18H25N7S. The van der Waals surface area contributed by atoms with Crippen molar-refractivity contribution >= 4 is 27.4 Å². The number of thiophene rings is 1. The molecule has 1 fully saturated rings. The highest BCUT2D eigenvalue weighted by Gasteiger charge is 2.28. The van der Waals surface area contributed by atoms with Crippen molar-refractivity contribution < 1.29 is 0 Å². The minimum Gasteiger partial charge on any atom is -0.354 e. The maximum absolute atomic E-state index is 5.66. The summed E-state index contributed by atoms with van der Waals surface area (Å²) in [6, 6.07) is 0.306. The van der Waals surface area contributed by atoms with Gasteiger partial charge in [0.05, 0.1) is 23.3 Å². The molecule has 1 aliphatic heterocycles. The summed E-state index contributed by atoms with van der Waals surface area (Å²) in [6.45, 7) is 8.76. The summed E-state index contributed by atoms with van der Waals surface area (Å²) < 4.78 is 1.95. The number of nitrogens with zero attached hydrogens (tertiary/aromatic N) is 6. The molecule has 8 heteroatoms. The number of aromatic nitrogens is 5. The molecule has 138 valence electrons. The Hall–Kier alpha value is -2.06. The number of hydrogen-bond donors (Lipinski definition) is 1. The van der Waals surface area contributed by atoms with E-state index in [1.54, 1.807) is 11.3 Å². The van der Waals surface area contributed by atoms with Crippen molar-refractivity contribution in [2.45, 2.75) is 46.2 Å². The summed E-state index contributed by atoms with van der Waals surface area (Å²) in [5, 5.41) is 11.9. The van der Waals surface area contributed by atoms with Crippen LogP contribution in [-0.4, -0.2) is 38.1 Å². The van der Waals surface area contributed by atoms with Crippen LogP contribution in [0.4, 0.5) is 5.82 Å². The molecule has 0 aromatic carbocycles. The highest BCUT2D eigenvalue weighted by Crippen LogP contribution is 2.36. The van der Waals surface area contributed by atoms with E-state index < -0.39 is 0 Å². The number of rotatable bonds is 5. The quantitative estimate of drug-likeness (QED) is 0.742. The molecular weight excluding hydrogens is 346 g/mol. The lowest BCUT2D eigenvalue weighted by molar-refractivity contribution is 0.479. The van der Waals surface area contributed by atoms with Crippen molar-refractivity contribution in [3.05, 3.63) is 28.7 Å². The van der Waals surface area contributed by atoms with Crippen molar-refractivity contribution in [2.75, 3.05) is 18.0 Å². The number of aryl methyl sites for hydroxylation is 1. The van der Waals surface area contributed by atoms with Gasteiger partial charge in [-0.15, -0.1) is 16.4 Å². The fourth-order valence-electron chi connectivity index (χ4n) is 3.64. The summed E-state index contributed by atoms with van der Waals surface area (Å²) in [4.78, 5) is 13.0. The monoisotopic (exact) mass is 371 g/mol. The van der Waals surface area contributed by atoms with E-state index in [0.717, 1.165) is 48.1 Å². The highest BCUT2D eigenvalue weighted by atomic mass is 32.1. The zero-order valence-electron chi connectivity index (χ0n) is 15.5. The Morgan fingerprint density at radius 1 is 1.35 bits per heavy atom. The van der Waals surface area contributed by atoms with Crippen LogP contribution in [0.3, 0.4) is 0 Å². The van der Waals surface area contributed by atoms with E-state index in [0.29, 0.717) is 18.5 Å². The Kier molecular flexibility index (Phi) is 4.62. The average Bonchev–Trinajstić information content (AvgIpc) is 3.32. The smallest absolute Gasteiger partial charge is 0.141 e. The molecule has 0 radical (unpaired) electrons. The Labute approximate surface area is 157 Å². The zero-order valence-corrected chi connectivity index (χ0v) is 16.3. The maximum Gasteiger partial charge on any atom is 0.141 e. The molecule has 1 saturated heterocycles. The molecule has 1 aliphatic rings. The lowest BCUT2D eigenvalue weighted by atomic mass is 10.0. The number of hydrogen-bond acceptors (Lipinski definition) is 7. The van der Waals surface area contributed by atoms with Gasteiger partial charge >= 0.3 is 0 Å². The molecule has 1 unspecified atom stereocenters. The van der Waals surface area contributed by atoms with E-state index in [-0.39, 0.29) is 0 Å². The van der Waals surface area contributed by atoms with Crippen molar-refractivity contribution in [2.24, 2.45) is 11.7 Å². The fourth-order valence-corrected chi connectivity index (χ4v) is 4.63. The molecule has 0 bridgehead atoms. The molecule has 3 aromatic rings. The van der Waals surface area contributed by atoms with E-state index in [1.807, 2.05) is 17.8 Å². The third-order valence-electron chi connectivity index (χ3n) is 4.83. The third kappa shape index (κ3) is 3.19. The molecule has 2 N–H and O–H groups in total. The molecule has 3 aromatic heterocycles. The van der Waals surface area contributed by atoms with Gasteiger partial charge in [-0.25, -0.2) is 14.6 Å². The van der Waals surface area contributed by atoms with Crippen LogP contribution in [0.2, 0.25) is 0 Å². The van der Waals surface area contributed by atoms with E-state index in [2.05, 4.69) is 39.4 Å². The van der Waals surface area contributed by atoms with Gasteiger partial charge in [-0.05, 0) is 36.6 Å². The Bertz CT molecular complexity index is 914. The Balaban J connectivity index is 1.66. The van der Waals surface area contributed by atoms with Crippen LogP contribution in [0.5, 0.6) is 0 Å². The molecule has 1 atom stereocenters. The second kappa shape index (κ2) is 6.92. The van der Waals surface area contributed by atoms with Crippen molar-refractivity contribution in [3.8, 4) is 0 Å². The lowest BCUT2D eigenvalue weighted by Crippen LogP contribution is -2.23. The van der Waals surface area contributed by atoms with Crippen molar-refractivity contribution in [3.63, 3.8) is 0 Å². The van der Waals surface area contributed by atoms with Gasteiger partial charge in [-0.3, -0.25) is 0 Å². The molecule has 4 heterocycles. The Morgan fingerprint density at radius 2 is 2.19 bits per heavy atom. The molecule has 0 amide bonds. The topological polar surface area (TPSA) is 85.8 Å². The van der Waals surface area contributed by atoms with Crippen LogP contribution in [0.1, 0.15) is 43.4 Å². The second-order valence-corrected chi connectivity index (χ2v) is 8.27. The first kappa shape index (κ1) is 17.4. The number of fused-ring (bicyclic) bond motifs is 1. The summed E-state index contributed by atoms with van der Waals surface area (Å²) >= 11 is 1.73. The van der Waals surface area contributed by atoms with Gasteiger partial charge < -0.3 is 10.6 Å². The minimum absolute atomic E-state index is 0.306. The van der Waals surface area contributed by atoms with Crippen LogP contribution in [0, 0.1) is 12.8 Å². The normalized spacial score (nSPS) is 17.7. The third-order valence-corrected chi connectivity index (χ3v) is 5.76. The van der Waals surface area contributed by atoms with Crippen LogP contribution in [0.25, 0.3) is 10.2 Å². The van der Waals surface area contributed by atoms with Gasteiger partial charge in [0.1, 0.15) is 16.5 Å². The van der Waals surface area contributed by atoms with Crippen LogP contribution in [-0.2, 0) is 13.0 Å². The first-order chi connectivity index (χ1) is 12.5. The molecule has 0 spiro atoms. The van der Waals surface area contributed by atoms with E-state index in [9.17, 15) is 0 Å². The zero-order chi connectivity index (χ0) is 18.3. The summed E-state index contributed by atoms with van der Waals surface area (Å²) in [5.74, 6) is 2.52. The predicted octanol–water partition coefficient (Wildman–Crippen LogP) is 2.70. The number of anilines is 1. The van der Waals surface area contributed by atoms with E-state index in [4.69, 9.17) is 10.7 Å². The van der Waals surface area contributed by atoms with Crippen molar-refractivity contribution in [1.29, 1.82) is 0 Å². The van der Waals surface area contributed by atoms with E-state index >= 15 is 0 Å². The van der Waals surface area contributed by atoms with Gasteiger partial charge in [0, 0.05) is 19.6 Å². The van der Waals surface area contributed by atoms with E-state index in [1.165, 1.54) is 10.9 Å². The molecule has 7 nitrogen and oxygen atoms in total. The predicted molar refractivity (Wildman–Crippen MR) is 104 cm³/mol. The fraction of sp³-hybridized carbons (Fsp3) is 0.556. The molecule has 26 heavy (non-hydrogen) atoms. The van der Waals surface area contributed by atoms with Crippen LogP contribution in [0.15, 0.2) is 11.6 Å². The largest absolute Gasteiger partial charge is 0.354 e. The SMILES string of the molecule is Cc1nc(N2CCC(n3cc(CN)nn3)C2)c2c(CC(C)C)csc2n1. The molecule has 4 rings (SSSR count). The highest BCUT2D eigenvalue weighted by molar-refractivity contribution is 7.17. The van der Waals surface area contributed by atoms with Gasteiger partial charge in [0.2, 0.25) is 0 Å². The first-order valence-electron chi connectivity index (χ1n) is 9.15. The molecule has 0 saturated carbocycles. The average molecular weight is 372 g/mol. The first-order valence-corrected chi connectivity index (χ1v) is 10.0. The van der Waals surface area contributed by atoms with Gasteiger partial charge in [-0.2, -0.15) is 0 Å². The number of nitrogens with two attached hydrogens (primary N) is 1. The van der Waals surface area contributed by atoms with Crippen molar-refractivity contribution in [1.82, 2.24) is 25.0 Å². The summed E-state index contributed by atoms with van der Waals surface area (Å²) in [7, 11) is 0. The Morgan fingerprint density at radius 3 is 2.92 bits per heavy atom. The standard InChI is InChI=1S/C18H25N7S/c1-11(2)6-13-10-26-18-16(13)17(20-12(3)21-18)24-5-4-15(9-24)25-8-14(7-19)22-23-25/h8,10-11,15H,4-7,9,19H2,1-3H3. The molecule has 0 aliphatic carbocycles. The van der Waals surface area contributed by atoms with Gasteiger partial charge in [0.25, 0.3) is 0 Å². The van der Waals surface area contributed by atoms with Gasteiger partial charge in [-0.1, -0.05) is 19.1 Å². The summed E-state index contributed by atoms with van der Waals surface area (Å²) in [5.41, 5.74) is 7.86. The second-order valence-electron chi connectivity index (χ2n) is 7.42. The van der Waals surface area contributed by atoms with Crippen LogP contribution < -0.4 is 10.6 Å². The van der Waals surface area contributed by atoms with Gasteiger partial charge in [0.15, 0.2) is 0 Å². The lowest BCUT2D eigenvalue weighted by Gasteiger charge is -2.20.